The smallest absolute Gasteiger partial charge is 0.216 e. The molecule has 1 aromatic carbocycles. The Morgan fingerprint density at radius 1 is 1.33 bits per heavy atom. The Kier molecular flexibility index (Phi) is 5.05. The Morgan fingerprint density at radius 3 is 2.67 bits per heavy atom. The highest BCUT2D eigenvalue weighted by Crippen LogP contribution is 2.18. The quantitative estimate of drug-likeness (QED) is 0.588. The van der Waals surface area contributed by atoms with Gasteiger partial charge in [-0.3, -0.25) is 14.4 Å². The summed E-state index contributed by atoms with van der Waals surface area (Å²) in [6.45, 7) is 3.56. The lowest BCUT2D eigenvalue weighted by atomic mass is 10.0. The van der Waals surface area contributed by atoms with Gasteiger partial charge in [-0.2, -0.15) is 0 Å². The second-order valence-corrected chi connectivity index (χ2v) is 3.97. The van der Waals surface area contributed by atoms with Gasteiger partial charge in [0, 0.05) is 25.5 Å². The van der Waals surface area contributed by atoms with Gasteiger partial charge in [-0.25, -0.2) is 0 Å². The molecule has 96 valence electrons. The minimum Gasteiger partial charge on any atom is -0.356 e. The van der Waals surface area contributed by atoms with Crippen LogP contribution in [0, 0.1) is 6.92 Å². The van der Waals surface area contributed by atoms with Crippen LogP contribution >= 0.6 is 0 Å². The van der Waals surface area contributed by atoms with Crippen molar-refractivity contribution in [1.82, 2.24) is 5.32 Å². The zero-order valence-corrected chi connectivity index (χ0v) is 10.4. The molecule has 2 amide bonds. The normalized spacial score (nSPS) is 9.67. The number of amides is 2. The maximum absolute atomic E-state index is 12.0. The first-order valence-electron chi connectivity index (χ1n) is 5.63. The summed E-state index contributed by atoms with van der Waals surface area (Å²) in [6.07, 6.45) is 0.742. The van der Waals surface area contributed by atoms with E-state index >= 15 is 0 Å². The number of anilines is 1. The minimum atomic E-state index is -0.168. The molecule has 0 saturated carbocycles. The highest BCUT2D eigenvalue weighted by molar-refractivity contribution is 6.03. The monoisotopic (exact) mass is 248 g/mol. The zero-order valence-electron chi connectivity index (χ0n) is 10.4. The average Bonchev–Trinajstić information content (AvgIpc) is 2.31. The van der Waals surface area contributed by atoms with Gasteiger partial charge in [-0.05, 0) is 19.1 Å². The molecule has 18 heavy (non-hydrogen) atoms. The van der Waals surface area contributed by atoms with Crippen LogP contribution in [0.5, 0.6) is 0 Å². The number of Topliss-reactive ketones (excluding diaryl/α,β-unsaturated/α-hetero) is 1. The third kappa shape index (κ3) is 4.01. The van der Waals surface area contributed by atoms with Crippen LogP contribution in [0.2, 0.25) is 0 Å². The van der Waals surface area contributed by atoms with E-state index in [4.69, 9.17) is 0 Å². The molecule has 0 bridgehead atoms. The van der Waals surface area contributed by atoms with Gasteiger partial charge in [0.15, 0.2) is 5.78 Å². The molecule has 0 aliphatic carbocycles. The minimum absolute atomic E-state index is 0.114. The second-order valence-electron chi connectivity index (χ2n) is 3.97. The second kappa shape index (κ2) is 6.54. The number of nitrogens with one attached hydrogen (secondary N) is 2. The van der Waals surface area contributed by atoms with Gasteiger partial charge in [-0.1, -0.05) is 11.6 Å². The molecule has 2 N–H and O–H groups in total. The molecule has 0 aromatic heterocycles. The molecule has 0 unspecified atom stereocenters. The van der Waals surface area contributed by atoms with Crippen molar-refractivity contribution in [3.8, 4) is 0 Å². The fourth-order valence-corrected chi connectivity index (χ4v) is 1.56. The van der Waals surface area contributed by atoms with Crippen LogP contribution < -0.4 is 10.6 Å². The topological polar surface area (TPSA) is 75.3 Å². The molecule has 1 rings (SSSR count). The van der Waals surface area contributed by atoms with Crippen molar-refractivity contribution >= 4 is 23.8 Å². The van der Waals surface area contributed by atoms with E-state index in [-0.39, 0.29) is 18.1 Å². The van der Waals surface area contributed by atoms with E-state index in [0.717, 1.165) is 5.56 Å². The molecule has 0 radical (unpaired) electrons. The predicted octanol–water partition coefficient (Wildman–Crippen LogP) is 1.27. The van der Waals surface area contributed by atoms with E-state index in [1.807, 2.05) is 13.0 Å². The molecule has 0 aliphatic heterocycles. The van der Waals surface area contributed by atoms with Gasteiger partial charge >= 0.3 is 0 Å². The van der Waals surface area contributed by atoms with Gasteiger partial charge in [-0.15, -0.1) is 0 Å². The van der Waals surface area contributed by atoms with Crippen molar-refractivity contribution in [1.29, 1.82) is 0 Å². The van der Waals surface area contributed by atoms with E-state index in [9.17, 15) is 14.4 Å². The fourth-order valence-electron chi connectivity index (χ4n) is 1.56. The Bertz CT molecular complexity index is 469. The largest absolute Gasteiger partial charge is 0.356 e. The fraction of sp³-hybridized carbons (Fsp3) is 0.308. The lowest BCUT2D eigenvalue weighted by Gasteiger charge is -2.08. The van der Waals surface area contributed by atoms with E-state index in [1.165, 1.54) is 6.92 Å². The molecular weight excluding hydrogens is 232 g/mol. The van der Waals surface area contributed by atoms with E-state index in [0.29, 0.717) is 24.2 Å². The summed E-state index contributed by atoms with van der Waals surface area (Å²) in [4.78, 5) is 33.1. The summed E-state index contributed by atoms with van der Waals surface area (Å²) >= 11 is 0. The standard InChI is InChI=1S/C13H16N2O3/c1-9-3-4-12(15-8-16)11(7-9)13(18)5-6-14-10(2)17/h3-4,7-8H,5-6H2,1-2H3,(H,14,17)(H,15,16). The number of carbonyl (C=O) groups is 3. The Hall–Kier alpha value is -2.17. The van der Waals surface area contributed by atoms with Gasteiger partial charge < -0.3 is 10.6 Å². The summed E-state index contributed by atoms with van der Waals surface area (Å²) in [5, 5.41) is 5.06. The average molecular weight is 248 g/mol. The van der Waals surface area contributed by atoms with Crippen LogP contribution in [0.15, 0.2) is 18.2 Å². The maximum Gasteiger partial charge on any atom is 0.216 e. The lowest BCUT2D eigenvalue weighted by Crippen LogP contribution is -2.23. The number of aryl methyl sites for hydroxylation is 1. The molecule has 0 saturated heterocycles. The summed E-state index contributed by atoms with van der Waals surface area (Å²) < 4.78 is 0. The van der Waals surface area contributed by atoms with Crippen molar-refractivity contribution in [2.45, 2.75) is 20.3 Å². The molecule has 5 nitrogen and oxygen atoms in total. The van der Waals surface area contributed by atoms with Crippen molar-refractivity contribution in [3.63, 3.8) is 0 Å². The zero-order chi connectivity index (χ0) is 13.5. The highest BCUT2D eigenvalue weighted by atomic mass is 16.1. The van der Waals surface area contributed by atoms with E-state index < -0.39 is 0 Å². The van der Waals surface area contributed by atoms with Gasteiger partial charge in [0.25, 0.3) is 0 Å². The van der Waals surface area contributed by atoms with Crippen molar-refractivity contribution in [3.05, 3.63) is 29.3 Å². The predicted molar refractivity (Wildman–Crippen MR) is 68.5 cm³/mol. The van der Waals surface area contributed by atoms with Crippen LogP contribution in [-0.2, 0) is 9.59 Å². The van der Waals surface area contributed by atoms with E-state index in [2.05, 4.69) is 10.6 Å². The maximum atomic E-state index is 12.0. The number of hydrogen-bond donors (Lipinski definition) is 2. The van der Waals surface area contributed by atoms with Gasteiger partial charge in [0.05, 0.1) is 5.69 Å². The van der Waals surface area contributed by atoms with Crippen LogP contribution in [0.3, 0.4) is 0 Å². The highest BCUT2D eigenvalue weighted by Gasteiger charge is 2.11. The van der Waals surface area contributed by atoms with Crippen LogP contribution in [0.1, 0.15) is 29.3 Å². The molecule has 0 aliphatic rings. The van der Waals surface area contributed by atoms with Crippen LogP contribution in [0.4, 0.5) is 5.69 Å². The molecule has 0 spiro atoms. The first kappa shape index (κ1) is 13.9. The van der Waals surface area contributed by atoms with Crippen molar-refractivity contribution < 1.29 is 14.4 Å². The number of ketones is 1. The first-order chi connectivity index (χ1) is 8.54. The number of benzene rings is 1. The SMILES string of the molecule is CC(=O)NCCC(=O)c1cc(C)ccc1NC=O. The number of carbonyl (C=O) groups excluding carboxylic acids is 3. The Morgan fingerprint density at radius 2 is 2.06 bits per heavy atom. The summed E-state index contributed by atoms with van der Waals surface area (Å²) in [5.74, 6) is -0.282. The summed E-state index contributed by atoms with van der Waals surface area (Å²) in [7, 11) is 0. The van der Waals surface area contributed by atoms with Gasteiger partial charge in [0.2, 0.25) is 12.3 Å². The van der Waals surface area contributed by atoms with Crippen molar-refractivity contribution in [2.75, 3.05) is 11.9 Å². The number of rotatable bonds is 6. The number of hydrogen-bond acceptors (Lipinski definition) is 3. The lowest BCUT2D eigenvalue weighted by molar-refractivity contribution is -0.118. The molecule has 0 heterocycles. The third-order valence-corrected chi connectivity index (χ3v) is 2.42. The first-order valence-corrected chi connectivity index (χ1v) is 5.63. The Labute approximate surface area is 106 Å². The Balaban J connectivity index is 2.79. The molecule has 1 aromatic rings. The van der Waals surface area contributed by atoms with E-state index in [1.54, 1.807) is 12.1 Å². The summed E-state index contributed by atoms with van der Waals surface area (Å²) in [6, 6.07) is 5.23. The molecular formula is C13H16N2O3. The molecule has 0 fully saturated rings. The summed E-state index contributed by atoms with van der Waals surface area (Å²) in [5.41, 5.74) is 1.89. The molecule has 5 heteroatoms. The van der Waals surface area contributed by atoms with Crippen molar-refractivity contribution in [2.24, 2.45) is 0 Å². The third-order valence-electron chi connectivity index (χ3n) is 2.42. The van der Waals surface area contributed by atoms with Crippen LogP contribution in [0.25, 0.3) is 0 Å². The molecule has 0 atom stereocenters. The van der Waals surface area contributed by atoms with Crippen LogP contribution in [-0.4, -0.2) is 24.6 Å². The van der Waals surface area contributed by atoms with Gasteiger partial charge in [0.1, 0.15) is 0 Å².